The summed E-state index contributed by atoms with van der Waals surface area (Å²) >= 11 is 0. The third kappa shape index (κ3) is 4.93. The van der Waals surface area contributed by atoms with Crippen LogP contribution in [0.25, 0.3) is 0 Å². The van der Waals surface area contributed by atoms with Crippen molar-refractivity contribution in [1.29, 1.82) is 0 Å². The highest BCUT2D eigenvalue weighted by Gasteiger charge is 2.28. The molecule has 1 N–H and O–H groups in total. The van der Waals surface area contributed by atoms with E-state index in [0.717, 1.165) is 42.6 Å². The van der Waals surface area contributed by atoms with Crippen LogP contribution in [-0.2, 0) is 30.7 Å². The number of hydrogen-bond donors (Lipinski definition) is 1. The minimum atomic E-state index is -0.281. The Morgan fingerprint density at radius 2 is 1.94 bits per heavy atom. The van der Waals surface area contributed by atoms with Crippen LogP contribution in [0.4, 0.5) is 0 Å². The Hall–Kier alpha value is -2.93. The molecule has 3 heterocycles. The first-order valence-corrected chi connectivity index (χ1v) is 11.5. The van der Waals surface area contributed by atoms with Gasteiger partial charge in [0.1, 0.15) is 5.56 Å². The van der Waals surface area contributed by atoms with Crippen molar-refractivity contribution in [2.75, 3.05) is 26.7 Å². The molecule has 32 heavy (non-hydrogen) atoms. The maximum atomic E-state index is 13.4. The highest BCUT2D eigenvalue weighted by atomic mass is 16.2. The van der Waals surface area contributed by atoms with Gasteiger partial charge in [-0.1, -0.05) is 30.3 Å². The number of rotatable bonds is 5. The van der Waals surface area contributed by atoms with Crippen molar-refractivity contribution in [2.45, 2.75) is 51.7 Å². The number of aromatic nitrogens is 1. The summed E-state index contributed by atoms with van der Waals surface area (Å²) in [5, 5.41) is 3.12. The van der Waals surface area contributed by atoms with Crippen LogP contribution in [0.15, 0.2) is 41.3 Å². The number of carbonyl (C=O) groups is 2. The summed E-state index contributed by atoms with van der Waals surface area (Å²) in [5.74, 6) is -0.272. The SMILES string of the molecule is CC(=O)N1CCc2c(cn(CCc3ccccc3)c(=O)c2C(=O)NC2CCCN(C)C2)C1. The molecule has 2 aliphatic heterocycles. The molecule has 4 rings (SSSR count). The van der Waals surface area contributed by atoms with Gasteiger partial charge in [0.25, 0.3) is 11.5 Å². The van der Waals surface area contributed by atoms with Crippen LogP contribution in [0.5, 0.6) is 0 Å². The van der Waals surface area contributed by atoms with Gasteiger partial charge in [-0.05, 0) is 56.0 Å². The number of pyridine rings is 1. The topological polar surface area (TPSA) is 74.6 Å². The lowest BCUT2D eigenvalue weighted by Gasteiger charge is -2.32. The number of piperidine rings is 1. The molecule has 0 saturated carbocycles. The molecule has 2 aromatic rings. The monoisotopic (exact) mass is 436 g/mol. The smallest absolute Gasteiger partial charge is 0.263 e. The fourth-order valence-electron chi connectivity index (χ4n) is 4.82. The van der Waals surface area contributed by atoms with E-state index in [-0.39, 0.29) is 29.0 Å². The zero-order chi connectivity index (χ0) is 22.7. The maximum absolute atomic E-state index is 13.4. The summed E-state index contributed by atoms with van der Waals surface area (Å²) < 4.78 is 1.65. The Morgan fingerprint density at radius 1 is 1.16 bits per heavy atom. The average Bonchev–Trinajstić information content (AvgIpc) is 2.78. The number of amides is 2. The molecule has 0 spiro atoms. The molecule has 1 aromatic carbocycles. The molecule has 1 unspecified atom stereocenters. The van der Waals surface area contributed by atoms with E-state index in [9.17, 15) is 14.4 Å². The molecular formula is C25H32N4O3. The number of fused-ring (bicyclic) bond motifs is 1. The van der Waals surface area contributed by atoms with E-state index in [4.69, 9.17) is 0 Å². The van der Waals surface area contributed by atoms with Crippen LogP contribution in [0, 0.1) is 0 Å². The first-order chi connectivity index (χ1) is 15.4. The van der Waals surface area contributed by atoms with E-state index in [0.29, 0.717) is 32.5 Å². The van der Waals surface area contributed by atoms with Crippen molar-refractivity contribution in [3.05, 3.63) is 69.1 Å². The summed E-state index contributed by atoms with van der Waals surface area (Å²) in [4.78, 5) is 42.7. The zero-order valence-electron chi connectivity index (χ0n) is 19.0. The quantitative estimate of drug-likeness (QED) is 0.776. The van der Waals surface area contributed by atoms with Gasteiger partial charge in [0.05, 0.1) is 0 Å². The van der Waals surface area contributed by atoms with Crippen molar-refractivity contribution in [2.24, 2.45) is 0 Å². The Balaban J connectivity index is 1.65. The Kier molecular flexibility index (Phi) is 6.74. The van der Waals surface area contributed by atoms with Crippen LogP contribution in [0.1, 0.15) is 46.8 Å². The molecule has 7 nitrogen and oxygen atoms in total. The summed E-state index contributed by atoms with van der Waals surface area (Å²) in [5.41, 5.74) is 2.85. The van der Waals surface area contributed by atoms with Gasteiger partial charge in [0, 0.05) is 45.3 Å². The second-order valence-corrected chi connectivity index (χ2v) is 9.01. The van der Waals surface area contributed by atoms with E-state index < -0.39 is 0 Å². The highest BCUT2D eigenvalue weighted by molar-refractivity contribution is 5.96. The van der Waals surface area contributed by atoms with Gasteiger partial charge < -0.3 is 19.7 Å². The Bertz CT molecular complexity index is 1050. The molecular weight excluding hydrogens is 404 g/mol. The molecule has 2 aliphatic rings. The predicted molar refractivity (Wildman–Crippen MR) is 124 cm³/mol. The number of carbonyl (C=O) groups excluding carboxylic acids is 2. The molecule has 170 valence electrons. The van der Waals surface area contributed by atoms with Crippen LogP contribution in [0.2, 0.25) is 0 Å². The first-order valence-electron chi connectivity index (χ1n) is 11.5. The minimum Gasteiger partial charge on any atom is -0.348 e. The summed E-state index contributed by atoms with van der Waals surface area (Å²) in [6, 6.07) is 10.1. The first kappa shape index (κ1) is 22.3. The largest absolute Gasteiger partial charge is 0.348 e. The molecule has 0 radical (unpaired) electrons. The van der Waals surface area contributed by atoms with Crippen molar-refractivity contribution in [3.63, 3.8) is 0 Å². The maximum Gasteiger partial charge on any atom is 0.263 e. The van der Waals surface area contributed by atoms with Crippen LogP contribution in [0.3, 0.4) is 0 Å². The number of likely N-dealkylation sites (tertiary alicyclic amines) is 1. The van der Waals surface area contributed by atoms with Crippen LogP contribution < -0.4 is 10.9 Å². The van der Waals surface area contributed by atoms with E-state index >= 15 is 0 Å². The fourth-order valence-corrected chi connectivity index (χ4v) is 4.82. The lowest BCUT2D eigenvalue weighted by Crippen LogP contribution is -2.48. The number of aryl methyl sites for hydroxylation is 2. The lowest BCUT2D eigenvalue weighted by molar-refractivity contribution is -0.129. The second kappa shape index (κ2) is 9.69. The standard InChI is InChI=1S/C25H32N4O3/c1-18(30)28-14-11-22-20(15-28)16-29(13-10-19-7-4-3-5-8-19)25(32)23(22)24(31)26-21-9-6-12-27(2)17-21/h3-5,7-8,16,21H,6,9-15,17H2,1-2H3,(H,26,31). The molecule has 2 amide bonds. The highest BCUT2D eigenvalue weighted by Crippen LogP contribution is 2.21. The molecule has 1 atom stereocenters. The van der Waals surface area contributed by atoms with Crippen LogP contribution in [-0.4, -0.2) is 58.9 Å². The number of nitrogens with zero attached hydrogens (tertiary/aromatic N) is 3. The fraction of sp³-hybridized carbons (Fsp3) is 0.480. The van der Waals surface area contributed by atoms with E-state index in [1.54, 1.807) is 16.4 Å². The summed E-state index contributed by atoms with van der Waals surface area (Å²) in [6.07, 6.45) is 5.02. The molecule has 0 aliphatic carbocycles. The van der Waals surface area contributed by atoms with Crippen molar-refractivity contribution in [3.8, 4) is 0 Å². The molecule has 1 saturated heterocycles. The van der Waals surface area contributed by atoms with Gasteiger partial charge in [-0.2, -0.15) is 0 Å². The summed E-state index contributed by atoms with van der Waals surface area (Å²) in [7, 11) is 2.05. The third-order valence-electron chi connectivity index (χ3n) is 6.59. The normalized spacial score (nSPS) is 18.8. The number of benzene rings is 1. The zero-order valence-corrected chi connectivity index (χ0v) is 19.0. The molecule has 1 fully saturated rings. The molecule has 1 aromatic heterocycles. The van der Waals surface area contributed by atoms with Crippen molar-refractivity contribution < 1.29 is 9.59 Å². The predicted octanol–water partition coefficient (Wildman–Crippen LogP) is 1.82. The third-order valence-corrected chi connectivity index (χ3v) is 6.59. The lowest BCUT2D eigenvalue weighted by atomic mass is 9.95. The Labute approximate surface area is 189 Å². The molecule has 7 heteroatoms. The van der Waals surface area contributed by atoms with Crippen molar-refractivity contribution in [1.82, 2.24) is 19.7 Å². The van der Waals surface area contributed by atoms with E-state index in [1.165, 1.54) is 0 Å². The van der Waals surface area contributed by atoms with Gasteiger partial charge in [-0.3, -0.25) is 14.4 Å². The average molecular weight is 437 g/mol. The number of nitrogens with one attached hydrogen (secondary N) is 1. The van der Waals surface area contributed by atoms with Gasteiger partial charge >= 0.3 is 0 Å². The van der Waals surface area contributed by atoms with Gasteiger partial charge in [0.2, 0.25) is 5.91 Å². The van der Waals surface area contributed by atoms with Crippen molar-refractivity contribution >= 4 is 11.8 Å². The van der Waals surface area contributed by atoms with Crippen LogP contribution >= 0.6 is 0 Å². The number of hydrogen-bond acceptors (Lipinski definition) is 4. The summed E-state index contributed by atoms with van der Waals surface area (Å²) in [6.45, 7) is 4.83. The van der Waals surface area contributed by atoms with Gasteiger partial charge in [-0.15, -0.1) is 0 Å². The Morgan fingerprint density at radius 3 is 2.66 bits per heavy atom. The minimum absolute atomic E-state index is 0.00827. The second-order valence-electron chi connectivity index (χ2n) is 9.01. The van der Waals surface area contributed by atoms with E-state index in [2.05, 4.69) is 17.3 Å². The van der Waals surface area contributed by atoms with Gasteiger partial charge in [-0.25, -0.2) is 0 Å². The number of likely N-dealkylation sites (N-methyl/N-ethyl adjacent to an activating group) is 1. The van der Waals surface area contributed by atoms with Gasteiger partial charge in [0.15, 0.2) is 0 Å². The molecule has 0 bridgehead atoms. The van der Waals surface area contributed by atoms with E-state index in [1.807, 2.05) is 36.5 Å².